The van der Waals surface area contributed by atoms with Crippen molar-refractivity contribution < 1.29 is 64.1 Å². The number of nitrogens with two attached hydrogens (primary N) is 2. The van der Waals surface area contributed by atoms with E-state index in [0.29, 0.717) is 5.56 Å². The number of rotatable bonds is 8. The summed E-state index contributed by atoms with van der Waals surface area (Å²) in [5.74, 6) is -3.43. The van der Waals surface area contributed by atoms with Crippen molar-refractivity contribution in [3.63, 3.8) is 0 Å². The molecule has 0 spiro atoms. The average Bonchev–Trinajstić information content (AvgIpc) is 2.97. The van der Waals surface area contributed by atoms with E-state index in [1.165, 1.54) is 12.3 Å². The molecule has 1 aromatic heterocycles. The topological polar surface area (TPSA) is 227 Å². The Morgan fingerprint density at radius 2 is 1.54 bits per heavy atom. The minimum Gasteiger partial charge on any atom is -0.483 e. The first-order valence-corrected chi connectivity index (χ1v) is 13.3. The van der Waals surface area contributed by atoms with Gasteiger partial charge < -0.3 is 32.3 Å². The van der Waals surface area contributed by atoms with Gasteiger partial charge in [-0.3, -0.25) is 24.4 Å². The molecule has 3 aromatic rings. The highest BCUT2D eigenvalue weighted by Crippen LogP contribution is 2.34. The van der Waals surface area contributed by atoms with Crippen molar-refractivity contribution in [2.45, 2.75) is 52.0 Å². The van der Waals surface area contributed by atoms with Crippen molar-refractivity contribution in [1.29, 1.82) is 5.41 Å². The number of alkyl halides is 9. The Morgan fingerprint density at radius 3 is 1.96 bits per heavy atom. The fourth-order valence-electron chi connectivity index (χ4n) is 3.41. The summed E-state index contributed by atoms with van der Waals surface area (Å²) in [4.78, 5) is 47.2. The van der Waals surface area contributed by atoms with E-state index >= 15 is 0 Å². The number of nitrogens with one attached hydrogen (secondary N) is 3. The molecule has 0 bridgehead atoms. The number of anilines is 2. The van der Waals surface area contributed by atoms with Gasteiger partial charge in [0.05, 0.1) is 17.5 Å². The quantitative estimate of drug-likeness (QED) is 0.0567. The van der Waals surface area contributed by atoms with E-state index in [4.69, 9.17) is 36.7 Å². The zero-order chi connectivity index (χ0) is 39.0. The molecule has 276 valence electrons. The molecule has 0 radical (unpaired) electrons. The summed E-state index contributed by atoms with van der Waals surface area (Å²) in [6, 6.07) is 9.43. The third kappa shape index (κ3) is 16.3. The zero-order valence-electron chi connectivity index (χ0n) is 25.7. The van der Waals surface area contributed by atoms with E-state index in [9.17, 15) is 49.1 Å². The summed E-state index contributed by atoms with van der Waals surface area (Å²) in [5.41, 5.74) is 10.6. The van der Waals surface area contributed by atoms with E-state index in [2.05, 4.69) is 15.6 Å². The number of hydrogen-bond donors (Lipinski definition) is 7. The van der Waals surface area contributed by atoms with Gasteiger partial charge in [-0.05, 0) is 37.6 Å². The lowest BCUT2D eigenvalue weighted by molar-refractivity contribution is -0.192. The first-order valence-electron chi connectivity index (χ1n) is 13.3. The molecule has 9 N–H and O–H groups in total. The number of nitrogens with zero attached hydrogens (tertiary/aromatic N) is 2. The fraction of sp³-hybridized carbons (Fsp3) is 0.286. The number of aromatic nitrogens is 2. The lowest BCUT2D eigenvalue weighted by Gasteiger charge is -2.17. The molecule has 0 atom stereocenters. The summed E-state index contributed by atoms with van der Waals surface area (Å²) >= 11 is 0. The zero-order valence-corrected chi connectivity index (χ0v) is 25.7. The van der Waals surface area contributed by atoms with Crippen molar-refractivity contribution in [3.05, 3.63) is 75.7 Å². The Morgan fingerprint density at radius 1 is 1.04 bits per heavy atom. The van der Waals surface area contributed by atoms with Crippen LogP contribution in [0.4, 0.5) is 51.0 Å². The van der Waals surface area contributed by atoms with Gasteiger partial charge in [-0.25, -0.2) is 9.78 Å². The Labute approximate surface area is 276 Å². The molecule has 0 unspecified atom stereocenters. The number of amides is 1. The predicted molar refractivity (Wildman–Crippen MR) is 161 cm³/mol. The molecular weight excluding hydrogens is 701 g/mol. The summed E-state index contributed by atoms with van der Waals surface area (Å²) in [6.45, 7) is -0.682. The van der Waals surface area contributed by atoms with E-state index < -0.39 is 48.6 Å². The Kier molecular flexibility index (Phi) is 17.5. The van der Waals surface area contributed by atoms with Crippen molar-refractivity contribution in [1.82, 2.24) is 14.9 Å². The number of amidine groups is 1. The number of nitrogen functional groups attached to an aromatic ring is 2. The van der Waals surface area contributed by atoms with Gasteiger partial charge in [-0.2, -0.15) is 39.5 Å². The smallest absolute Gasteiger partial charge is 0.483 e. The number of carbonyl (C=O) groups is 3. The van der Waals surface area contributed by atoms with Crippen LogP contribution in [0.2, 0.25) is 0 Å². The van der Waals surface area contributed by atoms with Crippen LogP contribution in [0, 0.1) is 5.41 Å². The molecule has 0 saturated heterocycles. The van der Waals surface area contributed by atoms with E-state index in [-0.39, 0.29) is 47.7 Å². The maximum absolute atomic E-state index is 13.4. The fourth-order valence-corrected chi connectivity index (χ4v) is 3.41. The third-order valence-electron chi connectivity index (χ3n) is 5.36. The number of benzene rings is 2. The summed E-state index contributed by atoms with van der Waals surface area (Å²) < 4.78 is 102. The summed E-state index contributed by atoms with van der Waals surface area (Å²) in [7, 11) is 0. The SMILES string of the molecule is CC(C)Nc1ncc(-c2cc(N)cc(C(F)(F)F)c2)n(CC(=O)NCc2ccc(C(=N)N)cc2)c1=O.FC(F)F.O=C(O)C(F)(F)F.O=CO. The molecule has 0 aliphatic carbocycles. The van der Waals surface area contributed by atoms with Gasteiger partial charge in [0, 0.05) is 29.4 Å². The van der Waals surface area contributed by atoms with Gasteiger partial charge in [0.25, 0.3) is 12.0 Å². The second-order valence-corrected chi connectivity index (χ2v) is 9.57. The van der Waals surface area contributed by atoms with Gasteiger partial charge in [0.1, 0.15) is 12.4 Å². The highest BCUT2D eigenvalue weighted by atomic mass is 19.4. The molecule has 0 saturated carbocycles. The van der Waals surface area contributed by atoms with Crippen LogP contribution in [0.5, 0.6) is 0 Å². The van der Waals surface area contributed by atoms with Crippen LogP contribution in [-0.4, -0.2) is 62.8 Å². The molecule has 3 rings (SSSR count). The Bertz CT molecular complexity index is 1640. The Balaban J connectivity index is 0.00000145. The monoisotopic (exact) mass is 731 g/mol. The van der Waals surface area contributed by atoms with E-state index in [1.807, 2.05) is 0 Å². The minimum atomic E-state index is -5.08. The van der Waals surface area contributed by atoms with Crippen LogP contribution in [0.15, 0.2) is 53.5 Å². The van der Waals surface area contributed by atoms with Crippen LogP contribution in [0.3, 0.4) is 0 Å². The third-order valence-corrected chi connectivity index (χ3v) is 5.36. The van der Waals surface area contributed by atoms with Crippen LogP contribution in [0.1, 0.15) is 30.5 Å². The number of carboxylic acids is 1. The van der Waals surface area contributed by atoms with Gasteiger partial charge in [-0.15, -0.1) is 0 Å². The number of carbonyl (C=O) groups excluding carboxylic acids is 1. The van der Waals surface area contributed by atoms with Crippen molar-refractivity contribution >= 4 is 35.7 Å². The average molecular weight is 732 g/mol. The van der Waals surface area contributed by atoms with E-state index in [1.54, 1.807) is 38.1 Å². The molecule has 0 aliphatic rings. The first kappa shape index (κ1) is 44.2. The first-order chi connectivity index (χ1) is 22.9. The summed E-state index contributed by atoms with van der Waals surface area (Å²) in [5, 5.41) is 27.0. The number of carboxylic acid groups (broad SMARTS) is 2. The minimum absolute atomic E-state index is 0.00403. The van der Waals surface area contributed by atoms with Crippen molar-refractivity contribution in [2.75, 3.05) is 11.1 Å². The molecule has 13 nitrogen and oxygen atoms in total. The second-order valence-electron chi connectivity index (χ2n) is 9.57. The van der Waals surface area contributed by atoms with Crippen molar-refractivity contribution in [3.8, 4) is 11.3 Å². The van der Waals surface area contributed by atoms with Gasteiger partial charge in [0.15, 0.2) is 5.82 Å². The largest absolute Gasteiger partial charge is 0.490 e. The van der Waals surface area contributed by atoms with Crippen LogP contribution < -0.4 is 27.7 Å². The predicted octanol–water partition coefficient (Wildman–Crippen LogP) is 4.44. The van der Waals surface area contributed by atoms with Crippen LogP contribution in [0.25, 0.3) is 11.3 Å². The molecule has 22 heteroatoms. The van der Waals surface area contributed by atoms with E-state index in [0.717, 1.165) is 22.3 Å². The van der Waals surface area contributed by atoms with Gasteiger partial charge in [-0.1, -0.05) is 24.3 Å². The maximum atomic E-state index is 13.4. The molecule has 50 heavy (non-hydrogen) atoms. The molecule has 1 heterocycles. The van der Waals surface area contributed by atoms with Crippen molar-refractivity contribution in [2.24, 2.45) is 5.73 Å². The number of halogens is 9. The second kappa shape index (κ2) is 19.9. The lowest BCUT2D eigenvalue weighted by atomic mass is 10.1. The highest BCUT2D eigenvalue weighted by molar-refractivity contribution is 5.94. The van der Waals surface area contributed by atoms with Crippen LogP contribution in [-0.2, 0) is 33.6 Å². The highest BCUT2D eigenvalue weighted by Gasteiger charge is 2.38. The van der Waals surface area contributed by atoms with Gasteiger partial charge >= 0.3 is 25.0 Å². The molecule has 0 fully saturated rings. The van der Waals surface area contributed by atoms with Gasteiger partial charge in [0.2, 0.25) is 5.91 Å². The number of hydrogen-bond acceptors (Lipinski definition) is 8. The molecule has 1 amide bonds. The number of aliphatic carboxylic acids is 1. The lowest BCUT2D eigenvalue weighted by Crippen LogP contribution is -2.35. The normalized spacial score (nSPS) is 10.7. The maximum Gasteiger partial charge on any atom is 0.490 e. The molecular formula is C28H30F9N7O6. The molecule has 0 aliphatic heterocycles. The Hall–Kier alpha value is -5.83. The standard InChI is InChI=1S/C24H26F3N7O2.C2HF3O2.CHF3.CH2O2/c1-13(2)33-22-23(36)34(12-20(35)31-10-14-3-5-15(6-4-14)21(29)30)19(11-32-22)16-7-17(24(25,26)27)9-18(28)8-16;3-2(4,5)1(6)7;2-1(3)4;2-1-3/h3-9,11,13H,10,12,28H2,1-2H3,(H3,29,30)(H,31,35)(H,32,33);(H,6,7);1H;1H,(H,2,3). The molecule has 2 aromatic carbocycles. The van der Waals surface area contributed by atoms with Crippen LogP contribution >= 0.6 is 0 Å². The summed E-state index contributed by atoms with van der Waals surface area (Å²) in [6.07, 6.45) is -8.51.